The molecule has 0 aliphatic rings. The standard InChI is InChI=1S/C6H6N2O2.ClH/c7-5-3-4(6(9)10)1-2-8-5;/h1-3H,(H2,7,8)(H,9,10);1H. The number of nitrogen functional groups attached to an aromatic ring is 1. The summed E-state index contributed by atoms with van der Waals surface area (Å²) in [5, 5.41) is 8.43. The lowest BCUT2D eigenvalue weighted by atomic mass is 10.3. The predicted octanol–water partition coefficient (Wildman–Crippen LogP) is 0.784. The molecule has 3 N–H and O–H groups in total. The number of nitrogens with zero attached hydrogens (tertiary/aromatic N) is 1. The minimum absolute atomic E-state index is 0. The van der Waals surface area contributed by atoms with Crippen molar-refractivity contribution in [3.63, 3.8) is 0 Å². The molecule has 1 heterocycles. The number of halogens is 1. The summed E-state index contributed by atoms with van der Waals surface area (Å²) < 4.78 is 0. The Bertz CT molecular complexity index is 265. The molecule has 0 saturated carbocycles. The molecule has 4 nitrogen and oxygen atoms in total. The molecule has 0 fully saturated rings. The second-order valence-electron chi connectivity index (χ2n) is 1.77. The van der Waals surface area contributed by atoms with Crippen molar-refractivity contribution in [3.8, 4) is 0 Å². The van der Waals surface area contributed by atoms with E-state index in [9.17, 15) is 4.79 Å². The zero-order chi connectivity index (χ0) is 7.56. The SMILES string of the molecule is Cl.Nc1cc(C(=O)O)ccn1. The number of rotatable bonds is 1. The first-order chi connectivity index (χ1) is 4.70. The van der Waals surface area contributed by atoms with Crippen LogP contribution in [0.2, 0.25) is 0 Å². The van der Waals surface area contributed by atoms with Crippen LogP contribution >= 0.6 is 12.4 Å². The fourth-order valence-electron chi connectivity index (χ4n) is 0.581. The van der Waals surface area contributed by atoms with Crippen LogP contribution in [0.25, 0.3) is 0 Å². The van der Waals surface area contributed by atoms with Crippen LogP contribution in [-0.4, -0.2) is 16.1 Å². The quantitative estimate of drug-likeness (QED) is 0.660. The van der Waals surface area contributed by atoms with E-state index in [4.69, 9.17) is 10.8 Å². The van der Waals surface area contributed by atoms with Crippen LogP contribution in [0.4, 0.5) is 5.82 Å². The lowest BCUT2D eigenvalue weighted by molar-refractivity contribution is 0.0697. The van der Waals surface area contributed by atoms with E-state index in [1.54, 1.807) is 0 Å². The fraction of sp³-hybridized carbons (Fsp3) is 0. The van der Waals surface area contributed by atoms with Crippen LogP contribution in [0.3, 0.4) is 0 Å². The lowest BCUT2D eigenvalue weighted by Crippen LogP contribution is -1.98. The molecule has 1 rings (SSSR count). The first kappa shape index (κ1) is 9.71. The van der Waals surface area contributed by atoms with Crippen molar-refractivity contribution >= 4 is 24.2 Å². The average Bonchev–Trinajstić information content (AvgIpc) is 1.88. The number of aromatic nitrogens is 1. The van der Waals surface area contributed by atoms with Gasteiger partial charge in [0.05, 0.1) is 5.56 Å². The second-order valence-corrected chi connectivity index (χ2v) is 1.77. The number of aromatic carboxylic acids is 1. The lowest BCUT2D eigenvalue weighted by Gasteiger charge is -1.92. The van der Waals surface area contributed by atoms with Crippen LogP contribution in [0, 0.1) is 0 Å². The van der Waals surface area contributed by atoms with Crippen molar-refractivity contribution in [2.45, 2.75) is 0 Å². The Morgan fingerprint density at radius 3 is 2.64 bits per heavy atom. The summed E-state index contributed by atoms with van der Waals surface area (Å²) in [5.74, 6) is -0.769. The molecule has 11 heavy (non-hydrogen) atoms. The molecule has 0 atom stereocenters. The van der Waals surface area contributed by atoms with Crippen molar-refractivity contribution in [1.29, 1.82) is 0 Å². The van der Waals surface area contributed by atoms with Crippen molar-refractivity contribution in [3.05, 3.63) is 23.9 Å². The summed E-state index contributed by atoms with van der Waals surface area (Å²) in [7, 11) is 0. The van der Waals surface area contributed by atoms with Gasteiger partial charge in [0.2, 0.25) is 0 Å². The highest BCUT2D eigenvalue weighted by molar-refractivity contribution is 5.88. The molecular weight excluding hydrogens is 168 g/mol. The van der Waals surface area contributed by atoms with Crippen molar-refractivity contribution in [2.75, 3.05) is 5.73 Å². The van der Waals surface area contributed by atoms with Crippen LogP contribution in [-0.2, 0) is 0 Å². The molecule has 0 radical (unpaired) electrons. The van der Waals surface area contributed by atoms with Crippen LogP contribution in [0.1, 0.15) is 10.4 Å². The molecule has 1 aromatic heterocycles. The Balaban J connectivity index is 0.000001000. The summed E-state index contributed by atoms with van der Waals surface area (Å²) in [6, 6.07) is 2.70. The highest BCUT2D eigenvalue weighted by atomic mass is 35.5. The van der Waals surface area contributed by atoms with Crippen LogP contribution < -0.4 is 5.73 Å². The first-order valence-electron chi connectivity index (χ1n) is 2.65. The third-order valence-corrected chi connectivity index (χ3v) is 1.03. The number of carbonyl (C=O) groups is 1. The molecule has 0 unspecified atom stereocenters. The zero-order valence-corrected chi connectivity index (χ0v) is 6.34. The van der Waals surface area contributed by atoms with Gasteiger partial charge in [0, 0.05) is 6.20 Å². The number of carboxylic acid groups (broad SMARTS) is 1. The van der Waals surface area contributed by atoms with E-state index in [0.29, 0.717) is 0 Å². The van der Waals surface area contributed by atoms with Gasteiger partial charge in [-0.15, -0.1) is 12.4 Å². The molecule has 5 heteroatoms. The Morgan fingerprint density at radius 2 is 2.27 bits per heavy atom. The monoisotopic (exact) mass is 174 g/mol. The molecule has 1 aromatic rings. The molecule has 60 valence electrons. The smallest absolute Gasteiger partial charge is 0.335 e. The fourth-order valence-corrected chi connectivity index (χ4v) is 0.581. The molecule has 0 aliphatic heterocycles. The minimum Gasteiger partial charge on any atom is -0.478 e. The molecule has 0 amide bonds. The van der Waals surface area contributed by atoms with Crippen molar-refractivity contribution < 1.29 is 9.90 Å². The average molecular weight is 175 g/mol. The van der Waals surface area contributed by atoms with Gasteiger partial charge in [0.1, 0.15) is 5.82 Å². The number of nitrogens with two attached hydrogens (primary N) is 1. The Morgan fingerprint density at radius 1 is 1.64 bits per heavy atom. The largest absolute Gasteiger partial charge is 0.478 e. The van der Waals surface area contributed by atoms with Gasteiger partial charge in [-0.2, -0.15) is 0 Å². The van der Waals surface area contributed by atoms with Crippen LogP contribution in [0.5, 0.6) is 0 Å². The molecule has 0 bridgehead atoms. The normalized spacial score (nSPS) is 8.36. The molecule has 0 aromatic carbocycles. The van der Waals surface area contributed by atoms with E-state index in [1.807, 2.05) is 0 Å². The van der Waals surface area contributed by atoms with Gasteiger partial charge < -0.3 is 10.8 Å². The van der Waals surface area contributed by atoms with E-state index in [-0.39, 0.29) is 23.8 Å². The third-order valence-electron chi connectivity index (χ3n) is 1.03. The number of anilines is 1. The van der Waals surface area contributed by atoms with E-state index in [1.165, 1.54) is 18.3 Å². The van der Waals surface area contributed by atoms with Crippen molar-refractivity contribution in [1.82, 2.24) is 4.98 Å². The van der Waals surface area contributed by atoms with Gasteiger partial charge >= 0.3 is 5.97 Å². The maximum Gasteiger partial charge on any atom is 0.335 e. The van der Waals surface area contributed by atoms with E-state index < -0.39 is 5.97 Å². The highest BCUT2D eigenvalue weighted by Crippen LogP contribution is 2.01. The van der Waals surface area contributed by atoms with Gasteiger partial charge in [-0.3, -0.25) is 0 Å². The number of hydrogen-bond acceptors (Lipinski definition) is 3. The molecule has 0 aliphatic carbocycles. The Labute approximate surface area is 69.5 Å². The molecular formula is C6H7ClN2O2. The van der Waals surface area contributed by atoms with Gasteiger partial charge in [-0.05, 0) is 12.1 Å². The predicted molar refractivity (Wildman–Crippen MR) is 42.9 cm³/mol. The zero-order valence-electron chi connectivity index (χ0n) is 5.52. The summed E-state index contributed by atoms with van der Waals surface area (Å²) in [6.45, 7) is 0. The second kappa shape index (κ2) is 3.78. The maximum atomic E-state index is 10.3. The van der Waals surface area contributed by atoms with E-state index in [0.717, 1.165) is 0 Å². The Kier molecular flexibility index (Phi) is 3.33. The molecule has 0 spiro atoms. The van der Waals surface area contributed by atoms with Gasteiger partial charge in [0.15, 0.2) is 0 Å². The topological polar surface area (TPSA) is 76.2 Å². The number of carboxylic acids is 1. The highest BCUT2D eigenvalue weighted by Gasteiger charge is 2.00. The summed E-state index contributed by atoms with van der Waals surface area (Å²) in [6.07, 6.45) is 1.36. The van der Waals surface area contributed by atoms with Gasteiger partial charge in [0.25, 0.3) is 0 Å². The summed E-state index contributed by atoms with van der Waals surface area (Å²) >= 11 is 0. The maximum absolute atomic E-state index is 10.3. The Hall–Kier alpha value is -1.29. The van der Waals surface area contributed by atoms with Crippen LogP contribution in [0.15, 0.2) is 18.3 Å². The van der Waals surface area contributed by atoms with Crippen molar-refractivity contribution in [2.24, 2.45) is 0 Å². The van der Waals surface area contributed by atoms with E-state index >= 15 is 0 Å². The first-order valence-corrected chi connectivity index (χ1v) is 2.65. The van der Waals surface area contributed by atoms with Gasteiger partial charge in [-0.25, -0.2) is 9.78 Å². The minimum atomic E-state index is -0.992. The summed E-state index contributed by atoms with van der Waals surface area (Å²) in [5.41, 5.74) is 5.38. The number of pyridine rings is 1. The summed E-state index contributed by atoms with van der Waals surface area (Å²) in [4.78, 5) is 13.9. The third kappa shape index (κ3) is 2.43. The van der Waals surface area contributed by atoms with E-state index in [2.05, 4.69) is 4.98 Å². The number of hydrogen-bond donors (Lipinski definition) is 2. The molecule has 0 saturated heterocycles. The van der Waals surface area contributed by atoms with Gasteiger partial charge in [-0.1, -0.05) is 0 Å².